The van der Waals surface area contributed by atoms with Crippen molar-refractivity contribution in [1.82, 2.24) is 24.6 Å². The number of H-pyrrole nitrogens is 1. The molecule has 7 heteroatoms. The zero-order chi connectivity index (χ0) is 17.3. The molecule has 1 amide bonds. The number of nitrogens with one attached hydrogen (secondary N) is 1. The highest BCUT2D eigenvalue weighted by Crippen LogP contribution is 2.21. The summed E-state index contributed by atoms with van der Waals surface area (Å²) < 4.78 is 7.45. The Bertz CT molecular complexity index is 718. The Morgan fingerprint density at radius 1 is 1.50 bits per heavy atom. The molecule has 0 spiro atoms. The molecule has 0 saturated carbocycles. The van der Waals surface area contributed by atoms with Gasteiger partial charge in [0.15, 0.2) is 0 Å². The van der Waals surface area contributed by atoms with Crippen LogP contribution in [0.15, 0.2) is 12.3 Å². The number of aromatic nitrogens is 4. The normalized spacial score (nSPS) is 18.4. The third-order valence-corrected chi connectivity index (χ3v) is 4.15. The molecule has 3 rings (SSSR count). The summed E-state index contributed by atoms with van der Waals surface area (Å²) in [5.41, 5.74) is 2.58. The molecule has 1 atom stereocenters. The van der Waals surface area contributed by atoms with Crippen molar-refractivity contribution < 1.29 is 9.53 Å². The highest BCUT2D eigenvalue weighted by molar-refractivity contribution is 5.92. The molecular weight excluding hydrogens is 306 g/mol. The molecule has 1 saturated heterocycles. The topological polar surface area (TPSA) is 76.0 Å². The van der Waals surface area contributed by atoms with Gasteiger partial charge in [0.05, 0.1) is 18.8 Å². The van der Waals surface area contributed by atoms with E-state index in [1.165, 1.54) is 0 Å². The van der Waals surface area contributed by atoms with Crippen molar-refractivity contribution in [3.05, 3.63) is 35.2 Å². The monoisotopic (exact) mass is 331 g/mol. The van der Waals surface area contributed by atoms with Crippen molar-refractivity contribution in [2.45, 2.75) is 33.3 Å². The Balaban J connectivity index is 1.73. The molecule has 0 unspecified atom stereocenters. The zero-order valence-corrected chi connectivity index (χ0v) is 14.7. The molecule has 0 radical (unpaired) electrons. The van der Waals surface area contributed by atoms with Crippen molar-refractivity contribution in [3.8, 4) is 0 Å². The van der Waals surface area contributed by atoms with Gasteiger partial charge in [0, 0.05) is 25.5 Å². The molecule has 130 valence electrons. The first-order chi connectivity index (χ1) is 11.4. The summed E-state index contributed by atoms with van der Waals surface area (Å²) >= 11 is 0. The van der Waals surface area contributed by atoms with Crippen LogP contribution in [0.2, 0.25) is 0 Å². The van der Waals surface area contributed by atoms with Gasteiger partial charge >= 0.3 is 0 Å². The lowest BCUT2D eigenvalue weighted by molar-refractivity contribution is -0.0268. The smallest absolute Gasteiger partial charge is 0.272 e. The van der Waals surface area contributed by atoms with Crippen LogP contribution in [-0.2, 0) is 18.2 Å². The van der Waals surface area contributed by atoms with Gasteiger partial charge < -0.3 is 14.6 Å². The van der Waals surface area contributed by atoms with Gasteiger partial charge in [-0.2, -0.15) is 5.10 Å². The molecule has 0 aromatic carbocycles. The first-order valence-electron chi connectivity index (χ1n) is 8.39. The summed E-state index contributed by atoms with van der Waals surface area (Å²) in [4.78, 5) is 22.2. The van der Waals surface area contributed by atoms with Gasteiger partial charge in [-0.15, -0.1) is 0 Å². The van der Waals surface area contributed by atoms with E-state index in [2.05, 4.69) is 28.9 Å². The number of imidazole rings is 1. The zero-order valence-electron chi connectivity index (χ0n) is 14.7. The number of ether oxygens (including phenoxy) is 1. The molecule has 1 aliphatic heterocycles. The largest absolute Gasteiger partial charge is 0.367 e. The standard InChI is InChI=1S/C17H25N5O2/c1-11(2)7-13-8-14(21(4)20-13)17(23)22-5-6-24-15(10-22)16-18-9-12(3)19-16/h8-9,11,15H,5-7,10H2,1-4H3,(H,18,19)/t15-/m0/s1. The molecule has 0 aliphatic carbocycles. The maximum Gasteiger partial charge on any atom is 0.272 e. The molecule has 1 fully saturated rings. The lowest BCUT2D eigenvalue weighted by atomic mass is 10.1. The highest BCUT2D eigenvalue weighted by Gasteiger charge is 2.29. The fourth-order valence-electron chi connectivity index (χ4n) is 3.00. The van der Waals surface area contributed by atoms with Gasteiger partial charge in [-0.1, -0.05) is 13.8 Å². The number of hydrogen-bond donors (Lipinski definition) is 1. The SMILES string of the molecule is Cc1cnc([C@@H]2CN(C(=O)c3cc(CC(C)C)nn3C)CCO2)[nH]1. The van der Waals surface area contributed by atoms with Crippen LogP contribution in [0.4, 0.5) is 0 Å². The Kier molecular flexibility index (Phi) is 4.71. The van der Waals surface area contributed by atoms with Crippen molar-refractivity contribution in [2.24, 2.45) is 13.0 Å². The number of aryl methyl sites for hydroxylation is 2. The molecule has 7 nitrogen and oxygen atoms in total. The first kappa shape index (κ1) is 16.7. The molecule has 1 N–H and O–H groups in total. The van der Waals surface area contributed by atoms with E-state index in [-0.39, 0.29) is 12.0 Å². The van der Waals surface area contributed by atoms with Gasteiger partial charge in [0.2, 0.25) is 0 Å². The first-order valence-corrected chi connectivity index (χ1v) is 8.39. The summed E-state index contributed by atoms with van der Waals surface area (Å²) in [6, 6.07) is 1.91. The number of nitrogens with zero attached hydrogens (tertiary/aromatic N) is 4. The second-order valence-electron chi connectivity index (χ2n) is 6.80. The van der Waals surface area contributed by atoms with Gasteiger partial charge in [-0.3, -0.25) is 9.48 Å². The second kappa shape index (κ2) is 6.76. The van der Waals surface area contributed by atoms with E-state index in [0.717, 1.165) is 23.6 Å². The molecule has 24 heavy (non-hydrogen) atoms. The minimum absolute atomic E-state index is 0.00316. The average Bonchev–Trinajstić information content (AvgIpc) is 3.12. The van der Waals surface area contributed by atoms with Gasteiger partial charge in [-0.05, 0) is 25.3 Å². The number of carbonyl (C=O) groups is 1. The van der Waals surface area contributed by atoms with Crippen molar-refractivity contribution in [3.63, 3.8) is 0 Å². The van der Waals surface area contributed by atoms with Gasteiger partial charge in [0.25, 0.3) is 5.91 Å². The summed E-state index contributed by atoms with van der Waals surface area (Å²) in [5, 5.41) is 4.47. The Morgan fingerprint density at radius 3 is 2.96 bits per heavy atom. The van der Waals surface area contributed by atoms with Crippen molar-refractivity contribution in [1.29, 1.82) is 0 Å². The van der Waals surface area contributed by atoms with Crippen molar-refractivity contribution in [2.75, 3.05) is 19.7 Å². The van der Waals surface area contributed by atoms with E-state index in [1.54, 1.807) is 10.9 Å². The number of amides is 1. The minimum atomic E-state index is -0.209. The fourth-order valence-corrected chi connectivity index (χ4v) is 3.00. The predicted octanol–water partition coefficient (Wildman–Crippen LogP) is 1.86. The van der Waals surface area contributed by atoms with Crippen LogP contribution < -0.4 is 0 Å². The molecule has 0 bridgehead atoms. The summed E-state index contributed by atoms with van der Waals surface area (Å²) in [6.45, 7) is 7.83. The summed E-state index contributed by atoms with van der Waals surface area (Å²) in [6.07, 6.45) is 2.44. The lowest BCUT2D eigenvalue weighted by Crippen LogP contribution is -2.43. The van der Waals surface area contributed by atoms with Gasteiger partial charge in [-0.25, -0.2) is 4.98 Å². The molecule has 3 heterocycles. The van der Waals surface area contributed by atoms with Crippen LogP contribution >= 0.6 is 0 Å². The van der Waals surface area contributed by atoms with E-state index < -0.39 is 0 Å². The highest BCUT2D eigenvalue weighted by atomic mass is 16.5. The number of rotatable bonds is 4. The van der Waals surface area contributed by atoms with Crippen LogP contribution in [0.1, 0.15) is 47.7 Å². The quantitative estimate of drug-likeness (QED) is 0.928. The average molecular weight is 331 g/mol. The second-order valence-corrected chi connectivity index (χ2v) is 6.80. The Morgan fingerprint density at radius 2 is 2.29 bits per heavy atom. The third kappa shape index (κ3) is 3.51. The van der Waals surface area contributed by atoms with E-state index in [0.29, 0.717) is 31.3 Å². The number of aromatic amines is 1. The number of carbonyl (C=O) groups excluding carboxylic acids is 1. The minimum Gasteiger partial charge on any atom is -0.367 e. The predicted molar refractivity (Wildman–Crippen MR) is 89.7 cm³/mol. The number of hydrogen-bond acceptors (Lipinski definition) is 4. The maximum atomic E-state index is 12.9. The van der Waals surface area contributed by atoms with E-state index in [4.69, 9.17) is 4.74 Å². The Hall–Kier alpha value is -2.15. The molecule has 2 aromatic heterocycles. The summed E-state index contributed by atoms with van der Waals surface area (Å²) in [5.74, 6) is 1.28. The van der Waals surface area contributed by atoms with Gasteiger partial charge in [0.1, 0.15) is 17.6 Å². The summed E-state index contributed by atoms with van der Waals surface area (Å²) in [7, 11) is 1.82. The maximum absolute atomic E-state index is 12.9. The van der Waals surface area contributed by atoms with E-state index in [1.807, 2.05) is 24.9 Å². The van der Waals surface area contributed by atoms with Crippen molar-refractivity contribution >= 4 is 5.91 Å². The van der Waals surface area contributed by atoms with E-state index in [9.17, 15) is 4.79 Å². The van der Waals surface area contributed by atoms with Crippen LogP contribution in [0, 0.1) is 12.8 Å². The Labute approximate surface area is 142 Å². The van der Waals surface area contributed by atoms with Crippen LogP contribution in [-0.4, -0.2) is 50.3 Å². The lowest BCUT2D eigenvalue weighted by Gasteiger charge is -2.32. The van der Waals surface area contributed by atoms with E-state index >= 15 is 0 Å². The van der Waals surface area contributed by atoms with Crippen LogP contribution in [0.3, 0.4) is 0 Å². The van der Waals surface area contributed by atoms with Crippen LogP contribution in [0.5, 0.6) is 0 Å². The molecular formula is C17H25N5O2. The molecule has 1 aliphatic rings. The van der Waals surface area contributed by atoms with Crippen LogP contribution in [0.25, 0.3) is 0 Å². The number of morpholine rings is 1. The third-order valence-electron chi connectivity index (χ3n) is 4.15. The fraction of sp³-hybridized carbons (Fsp3) is 0.588. The molecule has 2 aromatic rings.